The highest BCUT2D eigenvalue weighted by molar-refractivity contribution is 9.10. The molecule has 0 saturated heterocycles. The molecule has 0 aliphatic heterocycles. The second-order valence-electron chi connectivity index (χ2n) is 3.60. The number of benzene rings is 1. The number of hydrogen-bond donors (Lipinski definition) is 1. The summed E-state index contributed by atoms with van der Waals surface area (Å²) in [5, 5.41) is 7.10. The summed E-state index contributed by atoms with van der Waals surface area (Å²) in [5.74, 6) is 2.07. The van der Waals surface area contributed by atoms with Crippen LogP contribution in [0, 0.1) is 0 Å². The lowest BCUT2D eigenvalue weighted by molar-refractivity contribution is 0.365. The first kappa shape index (κ1) is 13.6. The van der Waals surface area contributed by atoms with Crippen LogP contribution in [0.5, 0.6) is 0 Å². The SMILES string of the molecule is CCNCc1nc(CSc2ccccc2Br)no1. The van der Waals surface area contributed by atoms with Gasteiger partial charge in [0.2, 0.25) is 5.89 Å². The third kappa shape index (κ3) is 3.83. The van der Waals surface area contributed by atoms with Crippen molar-refractivity contribution in [2.75, 3.05) is 6.54 Å². The van der Waals surface area contributed by atoms with Crippen molar-refractivity contribution in [1.29, 1.82) is 0 Å². The number of aromatic nitrogens is 2. The molecule has 0 amide bonds. The van der Waals surface area contributed by atoms with Gasteiger partial charge in [0.05, 0.1) is 12.3 Å². The van der Waals surface area contributed by atoms with Gasteiger partial charge >= 0.3 is 0 Å². The van der Waals surface area contributed by atoms with Crippen LogP contribution in [0.2, 0.25) is 0 Å². The molecule has 6 heteroatoms. The quantitative estimate of drug-likeness (QED) is 0.825. The molecule has 2 rings (SSSR count). The van der Waals surface area contributed by atoms with Gasteiger partial charge in [-0.15, -0.1) is 11.8 Å². The lowest BCUT2D eigenvalue weighted by atomic mass is 10.4. The van der Waals surface area contributed by atoms with Gasteiger partial charge in [-0.3, -0.25) is 0 Å². The number of hydrogen-bond acceptors (Lipinski definition) is 5. The molecule has 0 saturated carbocycles. The molecule has 4 nitrogen and oxygen atoms in total. The Morgan fingerprint density at radius 3 is 3.00 bits per heavy atom. The van der Waals surface area contributed by atoms with E-state index in [2.05, 4.69) is 37.5 Å². The van der Waals surface area contributed by atoms with Crippen molar-refractivity contribution in [1.82, 2.24) is 15.5 Å². The molecule has 1 aromatic heterocycles. The van der Waals surface area contributed by atoms with Gasteiger partial charge in [0.25, 0.3) is 0 Å². The van der Waals surface area contributed by atoms with Gasteiger partial charge in [-0.2, -0.15) is 4.98 Å². The van der Waals surface area contributed by atoms with E-state index >= 15 is 0 Å². The standard InChI is InChI=1S/C12H14BrN3OS/c1-2-14-7-12-15-11(16-17-12)8-18-10-6-4-3-5-9(10)13/h3-6,14H,2,7-8H2,1H3. The summed E-state index contributed by atoms with van der Waals surface area (Å²) in [4.78, 5) is 5.49. The fraction of sp³-hybridized carbons (Fsp3) is 0.333. The largest absolute Gasteiger partial charge is 0.338 e. The Balaban J connectivity index is 1.90. The van der Waals surface area contributed by atoms with Gasteiger partial charge in [-0.1, -0.05) is 24.2 Å². The van der Waals surface area contributed by atoms with Crippen LogP contribution in [-0.4, -0.2) is 16.7 Å². The zero-order chi connectivity index (χ0) is 12.8. The van der Waals surface area contributed by atoms with E-state index in [9.17, 15) is 0 Å². The van der Waals surface area contributed by atoms with Crippen LogP contribution in [0.3, 0.4) is 0 Å². The van der Waals surface area contributed by atoms with Crippen molar-refractivity contribution in [3.05, 3.63) is 40.5 Å². The lowest BCUT2D eigenvalue weighted by Crippen LogP contribution is -2.11. The molecule has 1 heterocycles. The van der Waals surface area contributed by atoms with Crippen molar-refractivity contribution < 1.29 is 4.52 Å². The highest BCUT2D eigenvalue weighted by Gasteiger charge is 2.07. The lowest BCUT2D eigenvalue weighted by Gasteiger charge is -2.00. The Bertz CT molecular complexity index is 504. The van der Waals surface area contributed by atoms with Crippen LogP contribution < -0.4 is 5.32 Å². The van der Waals surface area contributed by atoms with Gasteiger partial charge in [-0.05, 0) is 34.6 Å². The maximum absolute atomic E-state index is 5.14. The summed E-state index contributed by atoms with van der Waals surface area (Å²) in [6.07, 6.45) is 0. The maximum Gasteiger partial charge on any atom is 0.240 e. The van der Waals surface area contributed by atoms with Crippen LogP contribution in [-0.2, 0) is 12.3 Å². The molecule has 2 aromatic rings. The summed E-state index contributed by atoms with van der Waals surface area (Å²) in [5.41, 5.74) is 0. The summed E-state index contributed by atoms with van der Waals surface area (Å²) in [6, 6.07) is 8.10. The molecular weight excluding hydrogens is 314 g/mol. The number of nitrogens with one attached hydrogen (secondary N) is 1. The minimum Gasteiger partial charge on any atom is -0.338 e. The van der Waals surface area contributed by atoms with E-state index in [1.807, 2.05) is 25.1 Å². The molecule has 0 bridgehead atoms. The molecule has 1 N–H and O–H groups in total. The Hall–Kier alpha value is -0.850. The first-order chi connectivity index (χ1) is 8.79. The van der Waals surface area contributed by atoms with Gasteiger partial charge in [-0.25, -0.2) is 0 Å². The second-order valence-corrected chi connectivity index (χ2v) is 5.48. The average molecular weight is 328 g/mol. The fourth-order valence-corrected chi connectivity index (χ4v) is 2.77. The van der Waals surface area contributed by atoms with E-state index in [-0.39, 0.29) is 0 Å². The van der Waals surface area contributed by atoms with E-state index in [0.29, 0.717) is 18.2 Å². The molecule has 1 aromatic carbocycles. The Kier molecular flexibility index (Phi) is 5.22. The van der Waals surface area contributed by atoms with Crippen LogP contribution in [0.25, 0.3) is 0 Å². The minimum absolute atomic E-state index is 0.628. The Morgan fingerprint density at radius 2 is 2.22 bits per heavy atom. The Labute approximate surface area is 119 Å². The highest BCUT2D eigenvalue weighted by Crippen LogP contribution is 2.28. The van der Waals surface area contributed by atoms with E-state index in [1.165, 1.54) is 4.90 Å². The first-order valence-corrected chi connectivity index (χ1v) is 7.47. The van der Waals surface area contributed by atoms with Gasteiger partial charge in [0, 0.05) is 9.37 Å². The molecule has 18 heavy (non-hydrogen) atoms. The molecular formula is C12H14BrN3OS. The molecule has 0 atom stereocenters. The predicted octanol–water partition coefficient (Wildman–Crippen LogP) is 3.23. The smallest absolute Gasteiger partial charge is 0.240 e. The fourth-order valence-electron chi connectivity index (χ4n) is 1.36. The van der Waals surface area contributed by atoms with E-state index < -0.39 is 0 Å². The maximum atomic E-state index is 5.14. The molecule has 0 fully saturated rings. The Morgan fingerprint density at radius 1 is 1.39 bits per heavy atom. The molecule has 96 valence electrons. The average Bonchev–Trinajstić information content (AvgIpc) is 2.83. The van der Waals surface area contributed by atoms with Crippen LogP contribution in [0.4, 0.5) is 0 Å². The van der Waals surface area contributed by atoms with Crippen LogP contribution >= 0.6 is 27.7 Å². The summed E-state index contributed by atoms with van der Waals surface area (Å²) in [6.45, 7) is 3.56. The monoisotopic (exact) mass is 327 g/mol. The molecule has 0 radical (unpaired) electrons. The number of halogens is 1. The number of nitrogens with zero attached hydrogens (tertiary/aromatic N) is 2. The van der Waals surface area contributed by atoms with Crippen LogP contribution in [0.1, 0.15) is 18.6 Å². The summed E-state index contributed by atoms with van der Waals surface area (Å²) >= 11 is 5.20. The number of thioether (sulfide) groups is 1. The zero-order valence-electron chi connectivity index (χ0n) is 10.0. The molecule has 0 aliphatic carbocycles. The van der Waals surface area contributed by atoms with Gasteiger partial charge in [0.1, 0.15) is 0 Å². The van der Waals surface area contributed by atoms with Crippen molar-refractivity contribution in [2.24, 2.45) is 0 Å². The van der Waals surface area contributed by atoms with Crippen molar-refractivity contribution in [3.8, 4) is 0 Å². The third-order valence-electron chi connectivity index (χ3n) is 2.23. The van der Waals surface area contributed by atoms with Crippen molar-refractivity contribution >= 4 is 27.7 Å². The molecule has 0 aliphatic rings. The summed E-state index contributed by atoms with van der Waals surface area (Å²) < 4.78 is 6.23. The van der Waals surface area contributed by atoms with Gasteiger partial charge < -0.3 is 9.84 Å². The highest BCUT2D eigenvalue weighted by atomic mass is 79.9. The van der Waals surface area contributed by atoms with Crippen molar-refractivity contribution in [3.63, 3.8) is 0 Å². The second kappa shape index (κ2) is 6.92. The normalized spacial score (nSPS) is 10.8. The molecule has 0 unspecified atom stereocenters. The minimum atomic E-state index is 0.628. The van der Waals surface area contributed by atoms with Crippen molar-refractivity contribution in [2.45, 2.75) is 24.1 Å². The predicted molar refractivity (Wildman–Crippen MR) is 75.4 cm³/mol. The number of rotatable bonds is 6. The third-order valence-corrected chi connectivity index (χ3v) is 4.25. The van der Waals surface area contributed by atoms with E-state index in [4.69, 9.17) is 4.52 Å². The summed E-state index contributed by atoms with van der Waals surface area (Å²) in [7, 11) is 0. The molecule has 0 spiro atoms. The zero-order valence-corrected chi connectivity index (χ0v) is 12.4. The van der Waals surface area contributed by atoms with E-state index in [1.54, 1.807) is 11.8 Å². The first-order valence-electron chi connectivity index (χ1n) is 5.69. The van der Waals surface area contributed by atoms with Gasteiger partial charge in [0.15, 0.2) is 5.82 Å². The van der Waals surface area contributed by atoms with Crippen LogP contribution in [0.15, 0.2) is 38.2 Å². The van der Waals surface area contributed by atoms with E-state index in [0.717, 1.165) is 16.8 Å². The topological polar surface area (TPSA) is 51.0 Å².